The average Bonchev–Trinajstić information content (AvgIpc) is 3.21. The van der Waals surface area contributed by atoms with Crippen molar-refractivity contribution >= 4 is 17.4 Å². The molecule has 0 spiro atoms. The number of anilines is 1. The summed E-state index contributed by atoms with van der Waals surface area (Å²) in [5.74, 6) is -0.936. The van der Waals surface area contributed by atoms with Gasteiger partial charge in [0.15, 0.2) is 5.69 Å². The van der Waals surface area contributed by atoms with Gasteiger partial charge in [0.2, 0.25) is 0 Å². The van der Waals surface area contributed by atoms with Crippen LogP contribution in [0.2, 0.25) is 0 Å². The molecule has 158 valence electrons. The molecule has 2 aromatic heterocycles. The van der Waals surface area contributed by atoms with Crippen LogP contribution in [0.15, 0.2) is 28.8 Å². The molecule has 0 saturated carbocycles. The fourth-order valence-corrected chi connectivity index (χ4v) is 2.76. The van der Waals surface area contributed by atoms with Crippen molar-refractivity contribution in [2.75, 3.05) is 5.32 Å². The average molecular weight is 421 g/mol. The number of nitro groups is 1. The number of ether oxygens (including phenoxy) is 1. The number of hydrogen-bond donors (Lipinski definition) is 1. The number of amides is 1. The minimum atomic E-state index is -3.06. The Morgan fingerprint density at radius 3 is 2.70 bits per heavy atom. The third kappa shape index (κ3) is 4.42. The third-order valence-electron chi connectivity index (χ3n) is 4.26. The van der Waals surface area contributed by atoms with E-state index in [0.29, 0.717) is 22.6 Å². The lowest BCUT2D eigenvalue weighted by molar-refractivity contribution is -0.389. The number of rotatable bonds is 7. The first-order valence-electron chi connectivity index (χ1n) is 8.66. The van der Waals surface area contributed by atoms with Gasteiger partial charge in [0.1, 0.15) is 11.5 Å². The Morgan fingerprint density at radius 1 is 1.33 bits per heavy atom. The van der Waals surface area contributed by atoms with Gasteiger partial charge in [0, 0.05) is 0 Å². The first-order valence-corrected chi connectivity index (χ1v) is 8.66. The minimum absolute atomic E-state index is 0.00789. The van der Waals surface area contributed by atoms with Gasteiger partial charge in [0.25, 0.3) is 5.91 Å². The van der Waals surface area contributed by atoms with Crippen LogP contribution in [0.4, 0.5) is 20.3 Å². The van der Waals surface area contributed by atoms with E-state index in [-0.39, 0.29) is 29.5 Å². The number of nitrogens with zero attached hydrogens (tertiary/aromatic N) is 4. The minimum Gasteiger partial charge on any atom is -0.433 e. The van der Waals surface area contributed by atoms with Crippen LogP contribution < -0.4 is 10.1 Å². The standard InChI is InChI=1S/C18H17F2N5O5/c1-9-4-5-13(14(6-9)29-18(19)20)21-17(26)16-12(11(3)30-23-16)8-24-10(2)7-15(22-24)25(27)28/h4-7,18H,8H2,1-3H3,(H,21,26). The maximum absolute atomic E-state index is 12.7. The van der Waals surface area contributed by atoms with Crippen LogP contribution in [-0.4, -0.2) is 32.4 Å². The van der Waals surface area contributed by atoms with Gasteiger partial charge in [-0.1, -0.05) is 11.2 Å². The summed E-state index contributed by atoms with van der Waals surface area (Å²) in [6.45, 7) is 1.82. The molecule has 0 aliphatic carbocycles. The summed E-state index contributed by atoms with van der Waals surface area (Å²) < 4.78 is 36.3. The van der Waals surface area contributed by atoms with Crippen LogP contribution in [0.25, 0.3) is 0 Å². The van der Waals surface area contributed by atoms with E-state index in [1.54, 1.807) is 26.8 Å². The largest absolute Gasteiger partial charge is 0.433 e. The van der Waals surface area contributed by atoms with Crippen LogP contribution >= 0.6 is 0 Å². The van der Waals surface area contributed by atoms with E-state index in [0.717, 1.165) is 0 Å². The van der Waals surface area contributed by atoms with Crippen LogP contribution in [0.5, 0.6) is 5.75 Å². The highest BCUT2D eigenvalue weighted by atomic mass is 19.3. The van der Waals surface area contributed by atoms with E-state index in [1.807, 2.05) is 0 Å². The fraction of sp³-hybridized carbons (Fsp3) is 0.278. The second kappa shape index (κ2) is 8.27. The van der Waals surface area contributed by atoms with Crippen molar-refractivity contribution in [2.45, 2.75) is 33.9 Å². The van der Waals surface area contributed by atoms with Gasteiger partial charge < -0.3 is 24.7 Å². The highest BCUT2D eigenvalue weighted by Crippen LogP contribution is 2.28. The quantitative estimate of drug-likeness (QED) is 0.456. The summed E-state index contributed by atoms with van der Waals surface area (Å²) in [7, 11) is 0. The zero-order valence-electron chi connectivity index (χ0n) is 16.2. The Labute approximate surface area is 168 Å². The first-order chi connectivity index (χ1) is 14.2. The van der Waals surface area contributed by atoms with Crippen molar-refractivity contribution in [1.29, 1.82) is 0 Å². The molecular formula is C18H17F2N5O5. The summed E-state index contributed by atoms with van der Waals surface area (Å²) >= 11 is 0. The van der Waals surface area contributed by atoms with Crippen LogP contribution in [-0.2, 0) is 6.54 Å². The molecule has 1 aromatic carbocycles. The van der Waals surface area contributed by atoms with E-state index >= 15 is 0 Å². The topological polar surface area (TPSA) is 125 Å². The van der Waals surface area contributed by atoms with E-state index in [9.17, 15) is 23.7 Å². The number of carbonyl (C=O) groups excluding carboxylic acids is 1. The van der Waals surface area contributed by atoms with E-state index in [2.05, 4.69) is 20.3 Å². The molecular weight excluding hydrogens is 404 g/mol. The molecule has 0 aliphatic rings. The molecule has 0 bridgehead atoms. The summed E-state index contributed by atoms with van der Waals surface area (Å²) in [5.41, 5.74) is 1.44. The Morgan fingerprint density at radius 2 is 2.07 bits per heavy atom. The van der Waals surface area contributed by atoms with Gasteiger partial charge in [-0.25, -0.2) is 0 Å². The summed E-state index contributed by atoms with van der Waals surface area (Å²) in [4.78, 5) is 23.0. The number of hydrogen-bond acceptors (Lipinski definition) is 7. The maximum atomic E-state index is 12.7. The Balaban J connectivity index is 1.88. The molecule has 3 aromatic rings. The maximum Gasteiger partial charge on any atom is 0.390 e. The zero-order valence-corrected chi connectivity index (χ0v) is 16.2. The van der Waals surface area contributed by atoms with Crippen molar-refractivity contribution in [3.05, 3.63) is 62.7 Å². The van der Waals surface area contributed by atoms with E-state index in [4.69, 9.17) is 4.52 Å². The lowest BCUT2D eigenvalue weighted by atomic mass is 10.1. The normalized spacial score (nSPS) is 11.0. The summed E-state index contributed by atoms with van der Waals surface area (Å²) in [6, 6.07) is 5.71. The highest BCUT2D eigenvalue weighted by molar-refractivity contribution is 6.04. The molecule has 0 unspecified atom stereocenters. The lowest BCUT2D eigenvalue weighted by Crippen LogP contribution is -2.17. The van der Waals surface area contributed by atoms with Gasteiger partial charge >= 0.3 is 12.4 Å². The molecule has 2 heterocycles. The molecule has 1 N–H and O–H groups in total. The van der Waals surface area contributed by atoms with Gasteiger partial charge in [0.05, 0.1) is 34.7 Å². The summed E-state index contributed by atoms with van der Waals surface area (Å²) in [6.07, 6.45) is 0. The van der Waals surface area contributed by atoms with Crippen molar-refractivity contribution in [3.63, 3.8) is 0 Å². The molecule has 12 heteroatoms. The second-order valence-corrected chi connectivity index (χ2v) is 6.46. The highest BCUT2D eigenvalue weighted by Gasteiger charge is 2.24. The van der Waals surface area contributed by atoms with Crippen molar-refractivity contribution in [1.82, 2.24) is 14.9 Å². The van der Waals surface area contributed by atoms with Crippen molar-refractivity contribution in [2.24, 2.45) is 0 Å². The monoisotopic (exact) mass is 421 g/mol. The molecule has 0 saturated heterocycles. The van der Waals surface area contributed by atoms with Crippen LogP contribution in [0.3, 0.4) is 0 Å². The zero-order chi connectivity index (χ0) is 22.0. The number of nitrogens with one attached hydrogen (secondary N) is 1. The van der Waals surface area contributed by atoms with Gasteiger partial charge in [-0.05, 0) is 43.4 Å². The molecule has 30 heavy (non-hydrogen) atoms. The van der Waals surface area contributed by atoms with E-state index < -0.39 is 17.4 Å². The fourth-order valence-electron chi connectivity index (χ4n) is 2.76. The van der Waals surface area contributed by atoms with Gasteiger partial charge in [-0.3, -0.25) is 4.79 Å². The number of alkyl halides is 2. The Bertz CT molecular complexity index is 1110. The summed E-state index contributed by atoms with van der Waals surface area (Å²) in [5, 5.41) is 21.0. The molecule has 3 rings (SSSR count). The Kier molecular flexibility index (Phi) is 5.76. The predicted octanol–water partition coefficient (Wildman–Crippen LogP) is 3.61. The van der Waals surface area contributed by atoms with Gasteiger partial charge in [-0.2, -0.15) is 13.5 Å². The van der Waals surface area contributed by atoms with Crippen molar-refractivity contribution < 1.29 is 27.8 Å². The number of aryl methyl sites for hydroxylation is 3. The first kappa shape index (κ1) is 20.9. The van der Waals surface area contributed by atoms with Crippen LogP contribution in [0, 0.1) is 30.9 Å². The molecule has 10 nitrogen and oxygen atoms in total. The lowest BCUT2D eigenvalue weighted by Gasteiger charge is -2.12. The van der Waals surface area contributed by atoms with Gasteiger partial charge in [-0.15, -0.1) is 0 Å². The predicted molar refractivity (Wildman–Crippen MR) is 99.7 cm³/mol. The number of benzene rings is 1. The smallest absolute Gasteiger partial charge is 0.390 e. The van der Waals surface area contributed by atoms with Crippen LogP contribution in [0.1, 0.15) is 33.1 Å². The molecule has 0 radical (unpaired) electrons. The SMILES string of the molecule is Cc1ccc(NC(=O)c2noc(C)c2Cn2nc([N+](=O)[O-])cc2C)c(OC(F)F)c1. The third-order valence-corrected chi connectivity index (χ3v) is 4.26. The van der Waals surface area contributed by atoms with E-state index in [1.165, 1.54) is 22.9 Å². The Hall–Kier alpha value is -3.83. The number of halogens is 2. The second-order valence-electron chi connectivity index (χ2n) is 6.46. The molecule has 0 fully saturated rings. The van der Waals surface area contributed by atoms with Crippen molar-refractivity contribution in [3.8, 4) is 5.75 Å². The number of aromatic nitrogens is 3. The molecule has 1 amide bonds. The molecule has 0 atom stereocenters. The molecule has 0 aliphatic heterocycles. The number of carbonyl (C=O) groups is 1.